The third-order valence-electron chi connectivity index (χ3n) is 4.48. The van der Waals surface area contributed by atoms with Crippen molar-refractivity contribution in [2.45, 2.75) is 44.8 Å². The van der Waals surface area contributed by atoms with Crippen LogP contribution in [0.4, 0.5) is 11.6 Å². The molecule has 1 aromatic heterocycles. The van der Waals surface area contributed by atoms with E-state index in [1.54, 1.807) is 13.8 Å². The van der Waals surface area contributed by atoms with E-state index in [9.17, 15) is 13.2 Å². The number of ether oxygens (including phenoxy) is 1. The van der Waals surface area contributed by atoms with E-state index >= 15 is 0 Å². The Kier molecular flexibility index (Phi) is 5.39. The Balaban J connectivity index is 0.00000243. The van der Waals surface area contributed by atoms with Gasteiger partial charge in [-0.2, -0.15) is 13.1 Å². The summed E-state index contributed by atoms with van der Waals surface area (Å²) in [6.07, 6.45) is 2.47. The highest BCUT2D eigenvalue weighted by Gasteiger charge is 2.40. The molecule has 0 radical (unpaired) electrons. The van der Waals surface area contributed by atoms with Crippen LogP contribution < -0.4 is 24.8 Å². The number of hydrogen-bond acceptors (Lipinski definition) is 7. The molecule has 0 spiro atoms. The third kappa shape index (κ3) is 4.17. The van der Waals surface area contributed by atoms with Crippen LogP contribution in [0.2, 0.25) is 0 Å². The van der Waals surface area contributed by atoms with Gasteiger partial charge in [0.15, 0.2) is 17.2 Å². The lowest BCUT2D eigenvalue weighted by Gasteiger charge is -2.41. The van der Waals surface area contributed by atoms with Crippen LogP contribution in [0.5, 0.6) is 5.75 Å². The fourth-order valence-corrected chi connectivity index (χ4v) is 3.88. The number of aromatic nitrogens is 2. The smallest absolute Gasteiger partial charge is 0.274 e. The van der Waals surface area contributed by atoms with Crippen molar-refractivity contribution in [3.05, 3.63) is 6.33 Å². The van der Waals surface area contributed by atoms with E-state index in [1.165, 1.54) is 6.33 Å². The number of anilines is 2. The lowest BCUT2D eigenvalue weighted by molar-refractivity contribution is -0.129. The summed E-state index contributed by atoms with van der Waals surface area (Å²) in [6.45, 7) is 6.28. The molecule has 2 aliphatic heterocycles. The number of nitrogens with two attached hydrogens (primary N) is 1. The monoisotopic (exact) mass is 406 g/mol. The van der Waals surface area contributed by atoms with E-state index < -0.39 is 21.3 Å². The number of halogens is 1. The van der Waals surface area contributed by atoms with E-state index in [0.29, 0.717) is 43.3 Å². The Morgan fingerprint density at radius 3 is 2.46 bits per heavy atom. The first-order valence-corrected chi connectivity index (χ1v) is 9.46. The molecule has 1 fully saturated rings. The van der Waals surface area contributed by atoms with Crippen molar-refractivity contribution in [1.82, 2.24) is 14.7 Å². The fourth-order valence-electron chi connectivity index (χ4n) is 2.99. The Morgan fingerprint density at radius 2 is 1.88 bits per heavy atom. The highest BCUT2D eigenvalue weighted by atomic mass is 35.5. The second-order valence-electron chi connectivity index (χ2n) is 7.14. The van der Waals surface area contributed by atoms with Gasteiger partial charge in [-0.1, -0.05) is 0 Å². The zero-order valence-electron chi connectivity index (χ0n) is 14.8. The molecule has 4 N–H and O–H groups in total. The van der Waals surface area contributed by atoms with Crippen LogP contribution >= 0.6 is 12.4 Å². The average molecular weight is 407 g/mol. The fraction of sp³-hybridized carbons (Fsp3) is 0.643. The van der Waals surface area contributed by atoms with Crippen molar-refractivity contribution in [2.75, 3.05) is 23.3 Å². The van der Waals surface area contributed by atoms with Gasteiger partial charge in [0.05, 0.1) is 0 Å². The second kappa shape index (κ2) is 6.80. The summed E-state index contributed by atoms with van der Waals surface area (Å²) in [5.41, 5.74) is -1.63. The first-order chi connectivity index (χ1) is 11.5. The molecule has 146 valence electrons. The summed E-state index contributed by atoms with van der Waals surface area (Å²) in [7, 11) is -3.77. The Hall–Kier alpha value is -1.69. The number of carbonyl (C=O) groups excluding carboxylic acids is 1. The zero-order chi connectivity index (χ0) is 18.5. The van der Waals surface area contributed by atoms with Crippen LogP contribution in [0.1, 0.15) is 33.6 Å². The van der Waals surface area contributed by atoms with Crippen LogP contribution in [0.3, 0.4) is 0 Å². The molecule has 26 heavy (non-hydrogen) atoms. The maximum atomic E-state index is 12.0. The van der Waals surface area contributed by atoms with Crippen molar-refractivity contribution in [1.29, 1.82) is 0 Å². The highest BCUT2D eigenvalue weighted by molar-refractivity contribution is 7.87. The van der Waals surface area contributed by atoms with E-state index in [1.807, 2.05) is 11.8 Å². The predicted molar refractivity (Wildman–Crippen MR) is 98.7 cm³/mol. The maximum Gasteiger partial charge on any atom is 0.274 e. The minimum atomic E-state index is -3.77. The first kappa shape index (κ1) is 20.6. The number of hydrogen-bond donors (Lipinski definition) is 3. The molecule has 0 unspecified atom stereocenters. The summed E-state index contributed by atoms with van der Waals surface area (Å²) in [6, 6.07) is 0. The van der Waals surface area contributed by atoms with Crippen LogP contribution in [0, 0.1) is 0 Å². The third-order valence-corrected chi connectivity index (χ3v) is 5.25. The molecule has 3 heterocycles. The molecule has 0 aromatic carbocycles. The van der Waals surface area contributed by atoms with Crippen LogP contribution in [-0.2, 0) is 15.0 Å². The zero-order valence-corrected chi connectivity index (χ0v) is 16.4. The van der Waals surface area contributed by atoms with Gasteiger partial charge < -0.3 is 15.0 Å². The first-order valence-electron chi connectivity index (χ1n) is 7.91. The van der Waals surface area contributed by atoms with Crippen LogP contribution in [0.25, 0.3) is 0 Å². The number of piperidine rings is 1. The van der Waals surface area contributed by atoms with Crippen molar-refractivity contribution in [2.24, 2.45) is 5.14 Å². The lowest BCUT2D eigenvalue weighted by Crippen LogP contribution is -2.55. The average Bonchev–Trinajstić information content (AvgIpc) is 2.46. The summed E-state index contributed by atoms with van der Waals surface area (Å²) >= 11 is 0. The summed E-state index contributed by atoms with van der Waals surface area (Å²) in [4.78, 5) is 22.4. The molecule has 0 aliphatic carbocycles. The van der Waals surface area contributed by atoms with E-state index in [4.69, 9.17) is 9.88 Å². The number of rotatable bonds is 3. The molecule has 2 aliphatic rings. The topological polar surface area (TPSA) is 140 Å². The summed E-state index contributed by atoms with van der Waals surface area (Å²) in [5, 5.41) is 7.83. The highest BCUT2D eigenvalue weighted by Crippen LogP contribution is 2.40. The maximum absolute atomic E-state index is 12.0. The largest absolute Gasteiger partial charge is 0.470 e. The standard InChI is InChI=1S/C14H22N6O4S.ClH/c1-13(2)12(21)18-10-9(24-13)11(17-8-16-10)20-6-4-14(3,5-7-20)19-25(15,22)23;/h8,19H,4-7H2,1-3H3,(H2,15,22,23)(H,16,17,18,21);1H. The Bertz CT molecular complexity index is 808. The van der Waals surface area contributed by atoms with Gasteiger partial charge in [-0.15, -0.1) is 12.4 Å². The predicted octanol–water partition coefficient (Wildman–Crippen LogP) is 0.160. The molecule has 1 aromatic rings. The van der Waals surface area contributed by atoms with Crippen molar-refractivity contribution in [3.63, 3.8) is 0 Å². The number of nitrogens with zero attached hydrogens (tertiary/aromatic N) is 3. The number of amides is 1. The van der Waals surface area contributed by atoms with Crippen molar-refractivity contribution < 1.29 is 17.9 Å². The van der Waals surface area contributed by atoms with Gasteiger partial charge in [-0.05, 0) is 33.6 Å². The van der Waals surface area contributed by atoms with E-state index in [2.05, 4.69) is 20.0 Å². The molecule has 0 saturated carbocycles. The van der Waals surface area contributed by atoms with Crippen LogP contribution in [-0.4, -0.2) is 48.5 Å². The SMILES string of the molecule is CC1(NS(N)(=O)=O)CCN(c2ncnc3c2OC(C)(C)C(=O)N3)CC1.Cl. The summed E-state index contributed by atoms with van der Waals surface area (Å²) in [5.74, 6) is 1.07. The molecular formula is C14H23ClN6O4S. The summed E-state index contributed by atoms with van der Waals surface area (Å²) < 4.78 is 31.0. The Labute approximate surface area is 158 Å². The van der Waals surface area contributed by atoms with Crippen molar-refractivity contribution >= 4 is 40.2 Å². The van der Waals surface area contributed by atoms with Gasteiger partial charge in [0.1, 0.15) is 6.33 Å². The molecule has 10 nitrogen and oxygen atoms in total. The quantitative estimate of drug-likeness (QED) is 0.649. The molecule has 3 rings (SSSR count). The Morgan fingerprint density at radius 1 is 1.27 bits per heavy atom. The second-order valence-corrected chi connectivity index (χ2v) is 8.43. The normalized spacial score (nSPS) is 21.1. The molecule has 1 saturated heterocycles. The number of fused-ring (bicyclic) bond motifs is 1. The van der Waals surface area contributed by atoms with Gasteiger partial charge in [-0.25, -0.2) is 15.1 Å². The number of carbonyl (C=O) groups is 1. The van der Waals surface area contributed by atoms with Gasteiger partial charge in [-0.3, -0.25) is 4.79 Å². The number of nitrogens with one attached hydrogen (secondary N) is 2. The molecule has 1 amide bonds. The minimum absolute atomic E-state index is 0. The molecule has 0 bridgehead atoms. The minimum Gasteiger partial charge on any atom is -0.470 e. The molecular weight excluding hydrogens is 384 g/mol. The van der Waals surface area contributed by atoms with E-state index in [0.717, 1.165) is 0 Å². The van der Waals surface area contributed by atoms with Gasteiger partial charge in [0, 0.05) is 18.6 Å². The van der Waals surface area contributed by atoms with Crippen molar-refractivity contribution in [3.8, 4) is 5.75 Å². The lowest BCUT2D eigenvalue weighted by atomic mass is 9.91. The van der Waals surface area contributed by atoms with Gasteiger partial charge >= 0.3 is 0 Å². The van der Waals surface area contributed by atoms with E-state index in [-0.39, 0.29) is 18.3 Å². The molecule has 12 heteroatoms. The van der Waals surface area contributed by atoms with Crippen LogP contribution in [0.15, 0.2) is 6.33 Å². The van der Waals surface area contributed by atoms with Gasteiger partial charge in [0.2, 0.25) is 5.75 Å². The molecule has 0 atom stereocenters. The van der Waals surface area contributed by atoms with Gasteiger partial charge in [0.25, 0.3) is 16.1 Å².